The number of carbonyl (C=O) groups is 1. The molecular weight excluding hydrogens is 162 g/mol. The zero-order valence-electron chi connectivity index (χ0n) is 7.33. The molecule has 0 spiro atoms. The lowest BCUT2D eigenvalue weighted by molar-refractivity contribution is -0.140. The zero-order chi connectivity index (χ0) is 9.61. The van der Waals surface area contributed by atoms with Gasteiger partial charge in [0.05, 0.1) is 13.3 Å². The number of ether oxygens (including phenoxy) is 1. The topological polar surface area (TPSA) is 78.8 Å². The van der Waals surface area contributed by atoms with Crippen molar-refractivity contribution in [1.29, 1.82) is 0 Å². The molecule has 0 aliphatic carbocycles. The standard InChI is InChI=1S/C5H11NO.C2H4O3/c1-5(2)3-7-4-6-5;3-1-2(4)5/h6H,3-4H2,1-2H3;3H,1H2,(H,4,5). The van der Waals surface area contributed by atoms with E-state index in [1.165, 1.54) is 0 Å². The number of aliphatic hydroxyl groups excluding tert-OH is 1. The molecule has 1 aliphatic heterocycles. The molecule has 0 aromatic rings. The number of carboxylic acids is 1. The van der Waals surface area contributed by atoms with Crippen molar-refractivity contribution < 1.29 is 19.7 Å². The molecule has 1 fully saturated rings. The maximum Gasteiger partial charge on any atom is 0.329 e. The third-order valence-corrected chi connectivity index (χ3v) is 1.25. The van der Waals surface area contributed by atoms with E-state index in [4.69, 9.17) is 19.7 Å². The van der Waals surface area contributed by atoms with Crippen molar-refractivity contribution >= 4 is 5.97 Å². The van der Waals surface area contributed by atoms with Crippen LogP contribution in [0.4, 0.5) is 0 Å². The summed E-state index contributed by atoms with van der Waals surface area (Å²) in [5.41, 5.74) is 0.222. The highest BCUT2D eigenvalue weighted by Crippen LogP contribution is 2.06. The van der Waals surface area contributed by atoms with Gasteiger partial charge < -0.3 is 14.9 Å². The highest BCUT2D eigenvalue weighted by molar-refractivity contribution is 5.67. The average molecular weight is 177 g/mol. The Morgan fingerprint density at radius 1 is 1.67 bits per heavy atom. The van der Waals surface area contributed by atoms with Crippen LogP contribution in [0.3, 0.4) is 0 Å². The lowest BCUT2D eigenvalue weighted by Gasteiger charge is -2.12. The van der Waals surface area contributed by atoms with E-state index in [2.05, 4.69) is 19.2 Å². The molecule has 0 atom stereocenters. The second-order valence-corrected chi connectivity index (χ2v) is 3.11. The van der Waals surface area contributed by atoms with Crippen molar-refractivity contribution in [2.75, 3.05) is 19.9 Å². The third kappa shape index (κ3) is 6.09. The fraction of sp³-hybridized carbons (Fsp3) is 0.857. The quantitative estimate of drug-likeness (QED) is 0.498. The van der Waals surface area contributed by atoms with E-state index in [0.717, 1.165) is 6.61 Å². The Bertz CT molecular complexity index is 138. The third-order valence-electron chi connectivity index (χ3n) is 1.25. The van der Waals surface area contributed by atoms with Crippen LogP contribution in [0, 0.1) is 0 Å². The first-order chi connectivity index (χ1) is 5.48. The number of hydrogen-bond acceptors (Lipinski definition) is 4. The van der Waals surface area contributed by atoms with Crippen LogP contribution in [0.15, 0.2) is 0 Å². The van der Waals surface area contributed by atoms with E-state index in [1.54, 1.807) is 0 Å². The molecule has 3 N–H and O–H groups in total. The van der Waals surface area contributed by atoms with E-state index in [0.29, 0.717) is 6.73 Å². The van der Waals surface area contributed by atoms with Gasteiger partial charge in [0.25, 0.3) is 0 Å². The molecule has 0 saturated carbocycles. The highest BCUT2D eigenvalue weighted by Gasteiger charge is 2.21. The fourth-order valence-electron chi connectivity index (χ4n) is 0.604. The van der Waals surface area contributed by atoms with Crippen molar-refractivity contribution in [2.45, 2.75) is 19.4 Å². The molecule has 0 aromatic heterocycles. The maximum absolute atomic E-state index is 9.12. The van der Waals surface area contributed by atoms with Gasteiger partial charge in [-0.2, -0.15) is 0 Å². The van der Waals surface area contributed by atoms with Crippen LogP contribution in [0.2, 0.25) is 0 Å². The second kappa shape index (κ2) is 5.08. The molecule has 1 aliphatic rings. The Hall–Kier alpha value is -0.650. The highest BCUT2D eigenvalue weighted by atomic mass is 16.5. The first kappa shape index (κ1) is 11.4. The number of nitrogens with one attached hydrogen (secondary N) is 1. The monoisotopic (exact) mass is 177 g/mol. The lowest BCUT2D eigenvalue weighted by atomic mass is 10.1. The van der Waals surface area contributed by atoms with Crippen molar-refractivity contribution in [3.8, 4) is 0 Å². The van der Waals surface area contributed by atoms with Crippen molar-refractivity contribution in [3.63, 3.8) is 0 Å². The first-order valence-corrected chi connectivity index (χ1v) is 3.63. The largest absolute Gasteiger partial charge is 0.480 e. The van der Waals surface area contributed by atoms with Gasteiger partial charge in [0, 0.05) is 5.54 Å². The molecule has 72 valence electrons. The van der Waals surface area contributed by atoms with Crippen LogP contribution in [-0.4, -0.2) is 41.7 Å². The van der Waals surface area contributed by atoms with Crippen LogP contribution in [-0.2, 0) is 9.53 Å². The minimum atomic E-state index is -1.19. The average Bonchev–Trinajstić information content (AvgIpc) is 2.35. The van der Waals surface area contributed by atoms with Gasteiger partial charge in [-0.15, -0.1) is 0 Å². The molecule has 0 radical (unpaired) electrons. The molecule has 1 heterocycles. The Morgan fingerprint density at radius 2 is 2.17 bits per heavy atom. The zero-order valence-corrected chi connectivity index (χ0v) is 7.33. The normalized spacial score (nSPS) is 19.6. The molecular formula is C7H15NO4. The van der Waals surface area contributed by atoms with Crippen LogP contribution < -0.4 is 5.32 Å². The Morgan fingerprint density at radius 3 is 2.25 bits per heavy atom. The van der Waals surface area contributed by atoms with Gasteiger partial charge in [0.1, 0.15) is 6.61 Å². The fourth-order valence-corrected chi connectivity index (χ4v) is 0.604. The van der Waals surface area contributed by atoms with Gasteiger partial charge in [-0.25, -0.2) is 4.79 Å². The van der Waals surface area contributed by atoms with E-state index in [-0.39, 0.29) is 5.54 Å². The molecule has 0 amide bonds. The molecule has 1 rings (SSSR count). The number of aliphatic carboxylic acids is 1. The van der Waals surface area contributed by atoms with Gasteiger partial charge in [-0.1, -0.05) is 0 Å². The van der Waals surface area contributed by atoms with Crippen LogP contribution in [0.5, 0.6) is 0 Å². The minimum absolute atomic E-state index is 0.222. The minimum Gasteiger partial charge on any atom is -0.480 e. The second-order valence-electron chi connectivity index (χ2n) is 3.11. The lowest BCUT2D eigenvalue weighted by Crippen LogP contribution is -2.34. The first-order valence-electron chi connectivity index (χ1n) is 3.63. The van der Waals surface area contributed by atoms with Crippen LogP contribution in [0.25, 0.3) is 0 Å². The summed E-state index contributed by atoms with van der Waals surface area (Å²) in [6, 6.07) is 0. The molecule has 5 heteroatoms. The Kier molecular flexibility index (Phi) is 4.80. The van der Waals surface area contributed by atoms with Gasteiger partial charge in [0.2, 0.25) is 0 Å². The molecule has 0 aromatic carbocycles. The van der Waals surface area contributed by atoms with E-state index in [1.807, 2.05) is 0 Å². The molecule has 1 saturated heterocycles. The van der Waals surface area contributed by atoms with Crippen molar-refractivity contribution in [3.05, 3.63) is 0 Å². The summed E-state index contributed by atoms with van der Waals surface area (Å²) < 4.78 is 5.05. The molecule has 0 bridgehead atoms. The summed E-state index contributed by atoms with van der Waals surface area (Å²) in [4.78, 5) is 9.12. The van der Waals surface area contributed by atoms with E-state index in [9.17, 15) is 0 Å². The van der Waals surface area contributed by atoms with E-state index >= 15 is 0 Å². The Balaban J connectivity index is 0.000000217. The smallest absolute Gasteiger partial charge is 0.329 e. The number of hydrogen-bond donors (Lipinski definition) is 3. The molecule has 0 unspecified atom stereocenters. The molecule has 5 nitrogen and oxygen atoms in total. The summed E-state index contributed by atoms with van der Waals surface area (Å²) in [6.45, 7) is 5.03. The number of rotatable bonds is 1. The summed E-state index contributed by atoms with van der Waals surface area (Å²) in [5.74, 6) is -1.19. The number of aliphatic hydroxyl groups is 1. The van der Waals surface area contributed by atoms with E-state index < -0.39 is 12.6 Å². The summed E-state index contributed by atoms with van der Waals surface area (Å²) in [7, 11) is 0. The SMILES string of the molecule is CC1(C)COCN1.O=C(O)CO. The predicted molar refractivity (Wildman–Crippen MR) is 42.8 cm³/mol. The maximum atomic E-state index is 9.12. The van der Waals surface area contributed by atoms with Gasteiger partial charge >= 0.3 is 5.97 Å². The van der Waals surface area contributed by atoms with Crippen molar-refractivity contribution in [2.24, 2.45) is 0 Å². The van der Waals surface area contributed by atoms with Gasteiger partial charge in [-0.05, 0) is 13.8 Å². The van der Waals surface area contributed by atoms with Crippen LogP contribution >= 0.6 is 0 Å². The van der Waals surface area contributed by atoms with Crippen molar-refractivity contribution in [1.82, 2.24) is 5.32 Å². The molecule has 12 heavy (non-hydrogen) atoms. The predicted octanol–water partition coefficient (Wildman–Crippen LogP) is -0.594. The van der Waals surface area contributed by atoms with Gasteiger partial charge in [0.15, 0.2) is 0 Å². The summed E-state index contributed by atoms with van der Waals surface area (Å²) >= 11 is 0. The van der Waals surface area contributed by atoms with Crippen LogP contribution in [0.1, 0.15) is 13.8 Å². The Labute approximate surface area is 71.3 Å². The summed E-state index contributed by atoms with van der Waals surface area (Å²) in [5, 5.41) is 18.2. The number of carboxylic acid groups (broad SMARTS) is 1. The summed E-state index contributed by atoms with van der Waals surface area (Å²) in [6.07, 6.45) is 0. The van der Waals surface area contributed by atoms with Gasteiger partial charge in [-0.3, -0.25) is 5.32 Å².